The van der Waals surface area contributed by atoms with Crippen LogP contribution >= 0.6 is 11.3 Å². The van der Waals surface area contributed by atoms with Crippen molar-refractivity contribution in [1.29, 1.82) is 0 Å². The van der Waals surface area contributed by atoms with Gasteiger partial charge >= 0.3 is 5.97 Å². The monoisotopic (exact) mass is 239 g/mol. The number of aryl methyl sites for hydroxylation is 1. The Labute approximate surface area is 99.5 Å². The topological polar surface area (TPSA) is 49.3 Å². The third kappa shape index (κ3) is 2.83. The lowest BCUT2D eigenvalue weighted by atomic mass is 10.2. The molecule has 0 aliphatic heterocycles. The first-order valence-electron chi connectivity index (χ1n) is 5.75. The molecule has 1 aliphatic carbocycles. The van der Waals surface area contributed by atoms with Crippen molar-refractivity contribution in [2.24, 2.45) is 5.92 Å². The zero-order valence-corrected chi connectivity index (χ0v) is 10.2. The largest absolute Gasteiger partial charge is 0.480 e. The highest BCUT2D eigenvalue weighted by Gasteiger charge is 2.26. The first-order valence-corrected chi connectivity index (χ1v) is 6.57. The highest BCUT2D eigenvalue weighted by Crippen LogP contribution is 2.30. The molecule has 0 spiro atoms. The zero-order valence-electron chi connectivity index (χ0n) is 9.40. The van der Waals surface area contributed by atoms with Crippen molar-refractivity contribution in [2.45, 2.75) is 32.2 Å². The van der Waals surface area contributed by atoms with E-state index in [0.717, 1.165) is 17.8 Å². The molecule has 1 saturated carbocycles. The van der Waals surface area contributed by atoms with Gasteiger partial charge in [-0.25, -0.2) is 0 Å². The molecule has 0 radical (unpaired) electrons. The van der Waals surface area contributed by atoms with Crippen LogP contribution in [0.15, 0.2) is 12.1 Å². The lowest BCUT2D eigenvalue weighted by Gasteiger charge is -2.12. The second-order valence-corrected chi connectivity index (χ2v) is 5.48. The predicted octanol–water partition coefficient (Wildman–Crippen LogP) is 2.44. The Morgan fingerprint density at radius 1 is 1.62 bits per heavy atom. The summed E-state index contributed by atoms with van der Waals surface area (Å²) in [5, 5.41) is 12.3. The third-order valence-corrected chi connectivity index (χ3v) is 4.16. The van der Waals surface area contributed by atoms with Crippen LogP contribution in [0.3, 0.4) is 0 Å². The van der Waals surface area contributed by atoms with Crippen molar-refractivity contribution < 1.29 is 9.90 Å². The first kappa shape index (κ1) is 11.6. The predicted molar refractivity (Wildman–Crippen MR) is 64.8 cm³/mol. The van der Waals surface area contributed by atoms with E-state index in [4.69, 9.17) is 0 Å². The Bertz CT molecular complexity index is 371. The van der Waals surface area contributed by atoms with Crippen LogP contribution in [0.4, 0.5) is 0 Å². The molecular weight excluding hydrogens is 222 g/mol. The van der Waals surface area contributed by atoms with Crippen molar-refractivity contribution in [3.05, 3.63) is 21.9 Å². The molecule has 88 valence electrons. The molecule has 0 amide bonds. The maximum Gasteiger partial charge on any atom is 0.326 e. The van der Waals surface area contributed by atoms with Gasteiger partial charge < -0.3 is 5.11 Å². The fourth-order valence-electron chi connectivity index (χ4n) is 1.66. The minimum atomic E-state index is -0.773. The molecule has 4 heteroatoms. The van der Waals surface area contributed by atoms with Gasteiger partial charge in [-0.05, 0) is 43.9 Å². The number of carbonyl (C=O) groups is 1. The Balaban J connectivity index is 2.01. The second kappa shape index (κ2) is 4.97. The van der Waals surface area contributed by atoms with Gasteiger partial charge in [-0.1, -0.05) is 6.92 Å². The summed E-state index contributed by atoms with van der Waals surface area (Å²) in [6.45, 7) is 2.92. The van der Waals surface area contributed by atoms with E-state index < -0.39 is 12.0 Å². The van der Waals surface area contributed by atoms with Gasteiger partial charge in [0.25, 0.3) is 0 Å². The van der Waals surface area contributed by atoms with E-state index in [0.29, 0.717) is 5.92 Å². The van der Waals surface area contributed by atoms with Crippen LogP contribution in [0.5, 0.6) is 0 Å². The minimum absolute atomic E-state index is 0.522. The molecular formula is C12H17NO2S. The van der Waals surface area contributed by atoms with Crippen LogP contribution in [0.25, 0.3) is 0 Å². The Hall–Kier alpha value is -0.870. The van der Waals surface area contributed by atoms with Crippen molar-refractivity contribution >= 4 is 17.3 Å². The molecule has 0 saturated heterocycles. The molecule has 1 aromatic heterocycles. The quantitative estimate of drug-likeness (QED) is 0.801. The normalized spacial score (nSPS) is 17.3. The Kier molecular flexibility index (Phi) is 3.61. The number of thiophene rings is 1. The number of nitrogens with one attached hydrogen (secondary N) is 1. The molecule has 1 aromatic rings. The van der Waals surface area contributed by atoms with E-state index in [2.05, 4.69) is 12.2 Å². The molecule has 1 fully saturated rings. The first-order chi connectivity index (χ1) is 7.70. The van der Waals surface area contributed by atoms with Crippen LogP contribution in [-0.2, 0) is 11.2 Å². The van der Waals surface area contributed by atoms with Crippen LogP contribution in [0.2, 0.25) is 0 Å². The number of hydrogen-bond acceptors (Lipinski definition) is 3. The van der Waals surface area contributed by atoms with Gasteiger partial charge in [-0.15, -0.1) is 11.3 Å². The van der Waals surface area contributed by atoms with E-state index >= 15 is 0 Å². The van der Waals surface area contributed by atoms with Gasteiger partial charge in [0.05, 0.1) is 0 Å². The third-order valence-electron chi connectivity index (χ3n) is 2.87. The van der Waals surface area contributed by atoms with Gasteiger partial charge in [0.1, 0.15) is 6.04 Å². The fraction of sp³-hybridized carbons (Fsp3) is 0.583. The molecule has 1 heterocycles. The lowest BCUT2D eigenvalue weighted by molar-refractivity contribution is -0.139. The smallest absolute Gasteiger partial charge is 0.326 e. The summed E-state index contributed by atoms with van der Waals surface area (Å²) in [5.74, 6) is -0.0717. The summed E-state index contributed by atoms with van der Waals surface area (Å²) in [4.78, 5) is 13.3. The molecule has 0 aromatic carbocycles. The van der Waals surface area contributed by atoms with E-state index in [1.807, 2.05) is 12.1 Å². The molecule has 2 rings (SSSR count). The molecule has 3 nitrogen and oxygen atoms in total. The highest BCUT2D eigenvalue weighted by atomic mass is 32.1. The Morgan fingerprint density at radius 2 is 2.38 bits per heavy atom. The van der Waals surface area contributed by atoms with Gasteiger partial charge in [0.2, 0.25) is 0 Å². The van der Waals surface area contributed by atoms with Gasteiger partial charge in [-0.3, -0.25) is 10.1 Å². The van der Waals surface area contributed by atoms with Crippen LogP contribution in [-0.4, -0.2) is 17.6 Å². The summed E-state index contributed by atoms with van der Waals surface area (Å²) >= 11 is 1.60. The van der Waals surface area contributed by atoms with Crippen molar-refractivity contribution in [1.82, 2.24) is 5.32 Å². The van der Waals surface area contributed by atoms with E-state index in [-0.39, 0.29) is 0 Å². The summed E-state index contributed by atoms with van der Waals surface area (Å²) in [6, 6.07) is 3.43. The van der Waals surface area contributed by atoms with E-state index in [9.17, 15) is 9.90 Å². The number of hydrogen-bond donors (Lipinski definition) is 2. The highest BCUT2D eigenvalue weighted by molar-refractivity contribution is 7.12. The molecule has 0 bridgehead atoms. The van der Waals surface area contributed by atoms with E-state index in [1.54, 1.807) is 11.3 Å². The molecule has 1 atom stereocenters. The van der Waals surface area contributed by atoms with Crippen LogP contribution in [0.1, 0.15) is 35.6 Å². The summed E-state index contributed by atoms with van der Waals surface area (Å²) < 4.78 is 0. The summed E-state index contributed by atoms with van der Waals surface area (Å²) in [7, 11) is 0. The van der Waals surface area contributed by atoms with Crippen molar-refractivity contribution in [3.63, 3.8) is 0 Å². The van der Waals surface area contributed by atoms with E-state index in [1.165, 1.54) is 17.7 Å². The summed E-state index contributed by atoms with van der Waals surface area (Å²) in [5.41, 5.74) is 0. The lowest BCUT2D eigenvalue weighted by Crippen LogP contribution is -2.29. The summed E-state index contributed by atoms with van der Waals surface area (Å²) in [6.07, 6.45) is 3.45. The van der Waals surface area contributed by atoms with Crippen LogP contribution < -0.4 is 5.32 Å². The minimum Gasteiger partial charge on any atom is -0.480 e. The fourth-order valence-corrected chi connectivity index (χ4v) is 2.68. The Morgan fingerprint density at radius 3 is 2.88 bits per heavy atom. The van der Waals surface area contributed by atoms with Crippen molar-refractivity contribution in [2.75, 3.05) is 6.54 Å². The number of carboxylic acids is 1. The number of aliphatic carboxylic acids is 1. The number of rotatable bonds is 6. The van der Waals surface area contributed by atoms with Gasteiger partial charge in [-0.2, -0.15) is 0 Å². The zero-order chi connectivity index (χ0) is 11.5. The molecule has 2 N–H and O–H groups in total. The average Bonchev–Trinajstić information content (AvgIpc) is 2.95. The SMILES string of the molecule is CCc1ccc(C(NCC2CC2)C(=O)O)s1. The molecule has 1 unspecified atom stereocenters. The average molecular weight is 239 g/mol. The maximum absolute atomic E-state index is 11.2. The van der Waals surface area contributed by atoms with Gasteiger partial charge in [0.15, 0.2) is 0 Å². The standard InChI is InChI=1S/C12H17NO2S/c1-2-9-5-6-10(16-9)11(12(14)15)13-7-8-3-4-8/h5-6,8,11,13H,2-4,7H2,1H3,(H,14,15). The van der Waals surface area contributed by atoms with Crippen LogP contribution in [0, 0.1) is 5.92 Å². The molecule has 16 heavy (non-hydrogen) atoms. The number of carboxylic acid groups (broad SMARTS) is 1. The molecule has 1 aliphatic rings. The van der Waals surface area contributed by atoms with Gasteiger partial charge in [0, 0.05) is 9.75 Å². The maximum atomic E-state index is 11.2. The second-order valence-electron chi connectivity index (χ2n) is 4.28. The van der Waals surface area contributed by atoms with Crippen molar-refractivity contribution in [3.8, 4) is 0 Å².